The topological polar surface area (TPSA) is 58.4 Å². The highest BCUT2D eigenvalue weighted by Crippen LogP contribution is 2.22. The number of hydrogen-bond acceptors (Lipinski definition) is 3. The van der Waals surface area contributed by atoms with Crippen LogP contribution in [0.1, 0.15) is 18.9 Å². The molecule has 1 fully saturated rings. The summed E-state index contributed by atoms with van der Waals surface area (Å²) >= 11 is 0. The summed E-state index contributed by atoms with van der Waals surface area (Å²) in [5.74, 6) is 1.24. The van der Waals surface area contributed by atoms with Gasteiger partial charge in [-0.15, -0.1) is 0 Å². The molecule has 1 aromatic carbocycles. The molecule has 2 atom stereocenters. The van der Waals surface area contributed by atoms with Crippen molar-refractivity contribution in [1.29, 1.82) is 0 Å². The van der Waals surface area contributed by atoms with Gasteiger partial charge in [-0.1, -0.05) is 24.6 Å². The number of hydrogen-bond donors (Lipinski definition) is 2. The van der Waals surface area contributed by atoms with Crippen LogP contribution in [-0.4, -0.2) is 37.0 Å². The number of likely N-dealkylation sites (tertiary alicyclic amines) is 1. The molecule has 1 aliphatic heterocycles. The second kappa shape index (κ2) is 6.86. The van der Waals surface area contributed by atoms with Crippen LogP contribution in [0, 0.1) is 18.8 Å². The van der Waals surface area contributed by atoms with Gasteiger partial charge in [0, 0.05) is 12.2 Å². The van der Waals surface area contributed by atoms with E-state index in [1.165, 1.54) is 5.56 Å². The molecule has 1 saturated heterocycles. The highest BCUT2D eigenvalue weighted by molar-refractivity contribution is 5.92. The molecule has 0 aromatic heterocycles. The van der Waals surface area contributed by atoms with E-state index in [9.17, 15) is 4.79 Å². The zero-order chi connectivity index (χ0) is 14.5. The summed E-state index contributed by atoms with van der Waals surface area (Å²) in [5.41, 5.74) is 7.82. The molecular weight excluding hydrogens is 250 g/mol. The number of nitrogens with one attached hydrogen (secondary N) is 1. The van der Waals surface area contributed by atoms with Crippen molar-refractivity contribution >= 4 is 11.6 Å². The average molecular weight is 275 g/mol. The van der Waals surface area contributed by atoms with E-state index in [2.05, 4.69) is 17.1 Å². The first kappa shape index (κ1) is 15.0. The van der Waals surface area contributed by atoms with Gasteiger partial charge in [0.1, 0.15) is 0 Å². The smallest absolute Gasteiger partial charge is 0.238 e. The van der Waals surface area contributed by atoms with Crippen molar-refractivity contribution < 1.29 is 4.79 Å². The predicted octanol–water partition coefficient (Wildman–Crippen LogP) is 1.85. The highest BCUT2D eigenvalue weighted by Gasteiger charge is 2.25. The lowest BCUT2D eigenvalue weighted by Gasteiger charge is -2.35. The quantitative estimate of drug-likeness (QED) is 0.881. The van der Waals surface area contributed by atoms with Gasteiger partial charge in [-0.05, 0) is 50.4 Å². The Morgan fingerprint density at radius 1 is 1.40 bits per heavy atom. The largest absolute Gasteiger partial charge is 0.330 e. The Labute approximate surface area is 121 Å². The van der Waals surface area contributed by atoms with Crippen LogP contribution in [0.4, 0.5) is 5.69 Å². The van der Waals surface area contributed by atoms with Gasteiger partial charge in [0.05, 0.1) is 6.54 Å². The van der Waals surface area contributed by atoms with E-state index >= 15 is 0 Å². The van der Waals surface area contributed by atoms with E-state index < -0.39 is 0 Å². The van der Waals surface area contributed by atoms with Gasteiger partial charge in [-0.2, -0.15) is 0 Å². The fraction of sp³-hybridized carbons (Fsp3) is 0.562. The van der Waals surface area contributed by atoms with Crippen molar-refractivity contribution in [2.75, 3.05) is 31.5 Å². The van der Waals surface area contributed by atoms with Crippen LogP contribution in [0.15, 0.2) is 24.3 Å². The predicted molar refractivity (Wildman–Crippen MR) is 82.6 cm³/mol. The Kier molecular flexibility index (Phi) is 5.15. The summed E-state index contributed by atoms with van der Waals surface area (Å²) in [6.07, 6.45) is 1.09. The maximum absolute atomic E-state index is 12.0. The zero-order valence-electron chi connectivity index (χ0n) is 12.4. The fourth-order valence-electron chi connectivity index (χ4n) is 2.81. The molecule has 1 aliphatic rings. The van der Waals surface area contributed by atoms with E-state index in [1.54, 1.807) is 0 Å². The number of nitrogens with zero attached hydrogens (tertiary/aromatic N) is 1. The molecule has 4 nitrogen and oxygen atoms in total. The van der Waals surface area contributed by atoms with Crippen LogP contribution in [0.2, 0.25) is 0 Å². The number of benzene rings is 1. The van der Waals surface area contributed by atoms with Gasteiger partial charge in [0.15, 0.2) is 0 Å². The van der Waals surface area contributed by atoms with Crippen molar-refractivity contribution in [3.63, 3.8) is 0 Å². The van der Waals surface area contributed by atoms with Crippen LogP contribution < -0.4 is 11.1 Å². The van der Waals surface area contributed by atoms with Crippen LogP contribution in [0.5, 0.6) is 0 Å². The van der Waals surface area contributed by atoms with E-state index in [-0.39, 0.29) is 5.91 Å². The molecule has 2 unspecified atom stereocenters. The Morgan fingerprint density at radius 3 is 2.70 bits per heavy atom. The number of carbonyl (C=O) groups is 1. The summed E-state index contributed by atoms with van der Waals surface area (Å²) in [6, 6.07) is 7.89. The third-order valence-corrected chi connectivity index (χ3v) is 4.17. The highest BCUT2D eigenvalue weighted by atomic mass is 16.2. The number of piperidine rings is 1. The van der Waals surface area contributed by atoms with Gasteiger partial charge in [-0.3, -0.25) is 9.69 Å². The lowest BCUT2D eigenvalue weighted by molar-refractivity contribution is -0.117. The molecule has 0 aliphatic carbocycles. The molecule has 1 heterocycles. The van der Waals surface area contributed by atoms with Crippen molar-refractivity contribution in [3.8, 4) is 0 Å². The molecule has 1 amide bonds. The van der Waals surface area contributed by atoms with Gasteiger partial charge < -0.3 is 11.1 Å². The third kappa shape index (κ3) is 4.05. The van der Waals surface area contributed by atoms with Gasteiger partial charge in [0.2, 0.25) is 5.91 Å². The second-order valence-electron chi connectivity index (χ2n) is 5.91. The molecule has 0 radical (unpaired) electrons. The third-order valence-electron chi connectivity index (χ3n) is 4.17. The Morgan fingerprint density at radius 2 is 2.10 bits per heavy atom. The summed E-state index contributed by atoms with van der Waals surface area (Å²) < 4.78 is 0. The minimum Gasteiger partial charge on any atom is -0.330 e. The lowest BCUT2D eigenvalue weighted by atomic mass is 9.87. The number of nitrogens with two attached hydrogens (primary N) is 1. The SMILES string of the molecule is Cc1ccc(NC(=O)CN2CCC(CN)C(C)C2)cc1. The van der Waals surface area contributed by atoms with Crippen LogP contribution >= 0.6 is 0 Å². The number of aryl methyl sites for hydroxylation is 1. The van der Waals surface area contributed by atoms with Gasteiger partial charge in [-0.25, -0.2) is 0 Å². The van der Waals surface area contributed by atoms with E-state index in [4.69, 9.17) is 5.73 Å². The monoisotopic (exact) mass is 275 g/mol. The maximum atomic E-state index is 12.0. The first-order valence-electron chi connectivity index (χ1n) is 7.37. The molecule has 0 saturated carbocycles. The molecule has 1 aromatic rings. The van der Waals surface area contributed by atoms with E-state index in [1.807, 2.05) is 31.2 Å². The Hall–Kier alpha value is -1.39. The first-order valence-corrected chi connectivity index (χ1v) is 7.37. The summed E-state index contributed by atoms with van der Waals surface area (Å²) in [4.78, 5) is 14.3. The van der Waals surface area contributed by atoms with Crippen molar-refractivity contribution in [2.45, 2.75) is 20.3 Å². The van der Waals surface area contributed by atoms with Crippen molar-refractivity contribution in [1.82, 2.24) is 4.90 Å². The Bertz CT molecular complexity index is 444. The molecular formula is C16H25N3O. The molecule has 110 valence electrons. The average Bonchev–Trinajstić information content (AvgIpc) is 2.41. The van der Waals surface area contributed by atoms with Crippen LogP contribution in [0.3, 0.4) is 0 Å². The van der Waals surface area contributed by atoms with E-state index in [0.29, 0.717) is 18.4 Å². The van der Waals surface area contributed by atoms with Crippen molar-refractivity contribution in [3.05, 3.63) is 29.8 Å². The number of anilines is 1. The molecule has 3 N–H and O–H groups in total. The van der Waals surface area contributed by atoms with E-state index in [0.717, 1.165) is 31.7 Å². The number of carbonyl (C=O) groups excluding carboxylic acids is 1. The molecule has 0 spiro atoms. The minimum atomic E-state index is 0.0623. The minimum absolute atomic E-state index is 0.0623. The van der Waals surface area contributed by atoms with Crippen molar-refractivity contribution in [2.24, 2.45) is 17.6 Å². The van der Waals surface area contributed by atoms with Gasteiger partial charge in [0.25, 0.3) is 0 Å². The normalized spacial score (nSPS) is 23.6. The fourth-order valence-corrected chi connectivity index (χ4v) is 2.81. The number of amides is 1. The molecule has 0 bridgehead atoms. The second-order valence-corrected chi connectivity index (χ2v) is 5.91. The standard InChI is InChI=1S/C16H25N3O/c1-12-3-5-15(6-4-12)18-16(20)11-19-8-7-14(9-17)13(2)10-19/h3-6,13-14H,7-11,17H2,1-2H3,(H,18,20). The molecule has 4 heteroatoms. The Balaban J connectivity index is 1.81. The zero-order valence-corrected chi connectivity index (χ0v) is 12.4. The summed E-state index contributed by atoms with van der Waals surface area (Å²) in [6.45, 7) is 7.41. The van der Waals surface area contributed by atoms with Crippen LogP contribution in [0.25, 0.3) is 0 Å². The lowest BCUT2D eigenvalue weighted by Crippen LogP contribution is -2.44. The maximum Gasteiger partial charge on any atom is 0.238 e. The summed E-state index contributed by atoms with van der Waals surface area (Å²) in [5, 5.41) is 2.95. The van der Waals surface area contributed by atoms with Crippen LogP contribution in [-0.2, 0) is 4.79 Å². The summed E-state index contributed by atoms with van der Waals surface area (Å²) in [7, 11) is 0. The first-order chi connectivity index (χ1) is 9.58. The number of rotatable bonds is 4. The molecule has 20 heavy (non-hydrogen) atoms. The van der Waals surface area contributed by atoms with Gasteiger partial charge >= 0.3 is 0 Å². The molecule has 2 rings (SSSR count).